The molecule has 1 amide bonds. The summed E-state index contributed by atoms with van der Waals surface area (Å²) in [5.41, 5.74) is 2.29. The first-order valence-corrected chi connectivity index (χ1v) is 9.17. The molecule has 1 aromatic carbocycles. The summed E-state index contributed by atoms with van der Waals surface area (Å²) in [6.07, 6.45) is 1.58. The Morgan fingerprint density at radius 1 is 1.41 bits per heavy atom. The third kappa shape index (κ3) is 5.99. The smallest absolute Gasteiger partial charge is 0.221 e. The molecule has 122 valence electrons. The van der Waals surface area contributed by atoms with E-state index in [1.165, 1.54) is 0 Å². The second-order valence-corrected chi connectivity index (χ2v) is 6.68. The molecular formula is C17H26N2O2S. The van der Waals surface area contributed by atoms with E-state index in [-0.39, 0.29) is 5.91 Å². The fourth-order valence-corrected chi connectivity index (χ4v) is 3.39. The molecule has 1 fully saturated rings. The Morgan fingerprint density at radius 3 is 2.95 bits per heavy atom. The highest BCUT2D eigenvalue weighted by Crippen LogP contribution is 2.12. The van der Waals surface area contributed by atoms with Crippen LogP contribution in [-0.4, -0.2) is 36.6 Å². The molecule has 1 unspecified atom stereocenters. The van der Waals surface area contributed by atoms with Gasteiger partial charge in [0.05, 0.1) is 6.61 Å². The third-order valence-electron chi connectivity index (χ3n) is 3.63. The first kappa shape index (κ1) is 17.3. The van der Waals surface area contributed by atoms with Crippen LogP contribution in [0.4, 0.5) is 0 Å². The summed E-state index contributed by atoms with van der Waals surface area (Å²) in [5, 5.41) is 6.43. The van der Waals surface area contributed by atoms with Crippen molar-refractivity contribution in [1.82, 2.24) is 10.6 Å². The molecule has 0 aliphatic carbocycles. The van der Waals surface area contributed by atoms with Gasteiger partial charge in [-0.05, 0) is 17.5 Å². The molecule has 0 saturated carbocycles. The van der Waals surface area contributed by atoms with Crippen LogP contribution in [-0.2, 0) is 22.7 Å². The highest BCUT2D eigenvalue weighted by molar-refractivity contribution is 7.99. The molecule has 4 nitrogen and oxygen atoms in total. The average Bonchev–Trinajstić information content (AvgIpc) is 2.55. The Labute approximate surface area is 137 Å². The molecule has 2 rings (SSSR count). The van der Waals surface area contributed by atoms with Crippen LogP contribution in [0.1, 0.15) is 30.9 Å². The topological polar surface area (TPSA) is 50.4 Å². The van der Waals surface area contributed by atoms with Gasteiger partial charge in [0.2, 0.25) is 5.91 Å². The summed E-state index contributed by atoms with van der Waals surface area (Å²) in [7, 11) is 0. The van der Waals surface area contributed by atoms with Crippen LogP contribution in [0.5, 0.6) is 0 Å². The number of nitrogens with one attached hydrogen (secondary N) is 2. The van der Waals surface area contributed by atoms with Crippen molar-refractivity contribution >= 4 is 17.7 Å². The molecule has 22 heavy (non-hydrogen) atoms. The zero-order valence-corrected chi connectivity index (χ0v) is 14.1. The molecule has 0 radical (unpaired) electrons. The van der Waals surface area contributed by atoms with Gasteiger partial charge in [0, 0.05) is 43.7 Å². The van der Waals surface area contributed by atoms with E-state index in [0.717, 1.165) is 42.2 Å². The van der Waals surface area contributed by atoms with Crippen molar-refractivity contribution in [3.63, 3.8) is 0 Å². The molecule has 1 aromatic rings. The van der Waals surface area contributed by atoms with E-state index in [9.17, 15) is 4.79 Å². The number of rotatable bonds is 8. The van der Waals surface area contributed by atoms with Crippen LogP contribution in [0, 0.1) is 0 Å². The van der Waals surface area contributed by atoms with Gasteiger partial charge in [0.25, 0.3) is 0 Å². The van der Waals surface area contributed by atoms with Gasteiger partial charge in [0.15, 0.2) is 0 Å². The minimum absolute atomic E-state index is 0.115. The van der Waals surface area contributed by atoms with Gasteiger partial charge < -0.3 is 15.4 Å². The molecule has 0 spiro atoms. The fourth-order valence-electron chi connectivity index (χ4n) is 2.44. The Hall–Kier alpha value is -1.04. The van der Waals surface area contributed by atoms with Crippen LogP contribution < -0.4 is 10.6 Å². The number of hydrogen-bond acceptors (Lipinski definition) is 4. The molecule has 1 saturated heterocycles. The van der Waals surface area contributed by atoms with Gasteiger partial charge in [-0.15, -0.1) is 0 Å². The lowest BCUT2D eigenvalue weighted by Crippen LogP contribution is -2.41. The number of benzene rings is 1. The zero-order valence-electron chi connectivity index (χ0n) is 13.3. The van der Waals surface area contributed by atoms with Gasteiger partial charge in [0.1, 0.15) is 0 Å². The molecule has 1 aliphatic heterocycles. The Bertz CT molecular complexity index is 462. The van der Waals surface area contributed by atoms with E-state index < -0.39 is 0 Å². The number of thioether (sulfide) groups is 1. The number of ether oxygens (including phenoxy) is 1. The average molecular weight is 322 g/mol. The van der Waals surface area contributed by atoms with E-state index in [1.807, 2.05) is 23.9 Å². The highest BCUT2D eigenvalue weighted by atomic mass is 32.2. The molecule has 0 aromatic heterocycles. The lowest BCUT2D eigenvalue weighted by Gasteiger charge is -2.22. The molecule has 1 heterocycles. The van der Waals surface area contributed by atoms with E-state index in [1.54, 1.807) is 0 Å². The molecule has 1 atom stereocenters. The maximum atomic E-state index is 12.1. The maximum Gasteiger partial charge on any atom is 0.221 e. The van der Waals surface area contributed by atoms with E-state index in [4.69, 9.17) is 4.74 Å². The van der Waals surface area contributed by atoms with E-state index in [0.29, 0.717) is 25.6 Å². The van der Waals surface area contributed by atoms with Crippen molar-refractivity contribution in [2.24, 2.45) is 0 Å². The lowest BCUT2D eigenvalue weighted by atomic mass is 10.1. The normalized spacial score (nSPS) is 18.1. The summed E-state index contributed by atoms with van der Waals surface area (Å²) >= 11 is 1.91. The molecule has 1 aliphatic rings. The maximum absolute atomic E-state index is 12.1. The fraction of sp³-hybridized carbons (Fsp3) is 0.588. The van der Waals surface area contributed by atoms with Crippen LogP contribution >= 0.6 is 11.8 Å². The van der Waals surface area contributed by atoms with Crippen molar-refractivity contribution in [2.75, 3.05) is 24.7 Å². The van der Waals surface area contributed by atoms with Gasteiger partial charge in [-0.3, -0.25) is 4.79 Å². The highest BCUT2D eigenvalue weighted by Gasteiger charge is 2.16. The van der Waals surface area contributed by atoms with Gasteiger partial charge in [-0.25, -0.2) is 0 Å². The Morgan fingerprint density at radius 2 is 2.23 bits per heavy atom. The van der Waals surface area contributed by atoms with Crippen molar-refractivity contribution in [1.29, 1.82) is 0 Å². The molecule has 2 N–H and O–H groups in total. The standard InChI is InChI=1S/C17H26N2O2S/c1-2-8-21-12-15-6-4-3-5-14(15)11-19-17(20)10-16-13-22-9-7-18-16/h3-6,16,18H,2,7-13H2,1H3,(H,19,20). The molecular weight excluding hydrogens is 296 g/mol. The quantitative estimate of drug-likeness (QED) is 0.721. The number of amides is 1. The van der Waals surface area contributed by atoms with Crippen molar-refractivity contribution < 1.29 is 9.53 Å². The molecule has 5 heteroatoms. The van der Waals surface area contributed by atoms with Gasteiger partial charge in [-0.2, -0.15) is 11.8 Å². The largest absolute Gasteiger partial charge is 0.377 e. The van der Waals surface area contributed by atoms with Gasteiger partial charge in [-0.1, -0.05) is 31.2 Å². The van der Waals surface area contributed by atoms with Gasteiger partial charge >= 0.3 is 0 Å². The van der Waals surface area contributed by atoms with Crippen molar-refractivity contribution in [3.8, 4) is 0 Å². The summed E-state index contributed by atoms with van der Waals surface area (Å²) < 4.78 is 5.61. The predicted octanol–water partition coefficient (Wildman–Crippen LogP) is 2.32. The van der Waals surface area contributed by atoms with E-state index >= 15 is 0 Å². The summed E-state index contributed by atoms with van der Waals surface area (Å²) in [6, 6.07) is 8.45. The lowest BCUT2D eigenvalue weighted by molar-refractivity contribution is -0.121. The first-order valence-electron chi connectivity index (χ1n) is 8.02. The second kappa shape index (κ2) is 9.87. The predicted molar refractivity (Wildman–Crippen MR) is 92.0 cm³/mol. The number of hydrogen-bond donors (Lipinski definition) is 2. The third-order valence-corrected chi connectivity index (χ3v) is 4.76. The summed E-state index contributed by atoms with van der Waals surface area (Å²) in [6.45, 7) is 5.06. The van der Waals surface area contributed by atoms with Crippen LogP contribution in [0.3, 0.4) is 0 Å². The number of carbonyl (C=O) groups is 1. The molecule has 0 bridgehead atoms. The Balaban J connectivity index is 1.78. The minimum Gasteiger partial charge on any atom is -0.377 e. The Kier molecular flexibility index (Phi) is 7.77. The zero-order chi connectivity index (χ0) is 15.6. The number of carbonyl (C=O) groups excluding carboxylic acids is 1. The monoisotopic (exact) mass is 322 g/mol. The SMILES string of the molecule is CCCOCc1ccccc1CNC(=O)CC1CSCCN1. The van der Waals surface area contributed by atoms with Crippen molar-refractivity contribution in [2.45, 2.75) is 39.0 Å². The van der Waals surface area contributed by atoms with E-state index in [2.05, 4.69) is 29.7 Å². The first-order chi connectivity index (χ1) is 10.8. The minimum atomic E-state index is 0.115. The van der Waals surface area contributed by atoms with Crippen molar-refractivity contribution in [3.05, 3.63) is 35.4 Å². The van der Waals surface area contributed by atoms with Crippen LogP contribution in [0.25, 0.3) is 0 Å². The summed E-state index contributed by atoms with van der Waals surface area (Å²) in [4.78, 5) is 12.1. The second-order valence-electron chi connectivity index (χ2n) is 5.53. The van der Waals surface area contributed by atoms with Crippen LogP contribution in [0.15, 0.2) is 24.3 Å². The summed E-state index contributed by atoms with van der Waals surface area (Å²) in [5.74, 6) is 2.28. The van der Waals surface area contributed by atoms with Crippen LogP contribution in [0.2, 0.25) is 0 Å².